The lowest BCUT2D eigenvalue weighted by Crippen LogP contribution is -2.33. The molecule has 1 rings (SSSR count). The minimum atomic E-state index is -0.690. The molecular weight excluding hydrogens is 186 g/mol. The number of hydrogen-bond donors (Lipinski definition) is 1. The molecule has 1 N–H and O–H groups in total. The molecule has 6 nitrogen and oxygen atoms in total. The molecule has 6 heteroatoms. The molecule has 1 aliphatic rings. The highest BCUT2D eigenvalue weighted by Crippen LogP contribution is 2.09. The highest BCUT2D eigenvalue weighted by Gasteiger charge is 2.20. The SMILES string of the molecule is CC(C)(C)OC(=O)NC1=CN=NC1=O. The summed E-state index contributed by atoms with van der Waals surface area (Å²) in [6.07, 6.45) is 0.482. The molecule has 0 fully saturated rings. The molecule has 0 atom stereocenters. The smallest absolute Gasteiger partial charge is 0.412 e. The highest BCUT2D eigenvalue weighted by molar-refractivity contribution is 5.97. The van der Waals surface area contributed by atoms with Crippen molar-refractivity contribution in [2.24, 2.45) is 10.2 Å². The van der Waals surface area contributed by atoms with Gasteiger partial charge in [0.2, 0.25) is 0 Å². The van der Waals surface area contributed by atoms with E-state index < -0.39 is 17.6 Å². The molecule has 2 amide bonds. The van der Waals surface area contributed by atoms with Gasteiger partial charge in [-0.25, -0.2) is 4.79 Å². The van der Waals surface area contributed by atoms with E-state index in [9.17, 15) is 9.59 Å². The van der Waals surface area contributed by atoms with E-state index in [2.05, 4.69) is 15.5 Å². The van der Waals surface area contributed by atoms with Gasteiger partial charge in [-0.1, -0.05) is 0 Å². The molecule has 0 aliphatic carbocycles. The number of nitrogens with zero attached hydrogens (tertiary/aromatic N) is 2. The molecule has 0 saturated heterocycles. The zero-order chi connectivity index (χ0) is 10.8. The largest absolute Gasteiger partial charge is 0.444 e. The number of rotatable bonds is 1. The standard InChI is InChI=1S/C8H11N3O3/c1-8(2,3)14-7(13)10-5-4-9-11-6(5)12/h4H,1-3H3,(H,10,11,12,13). The van der Waals surface area contributed by atoms with Gasteiger partial charge in [-0.15, -0.1) is 5.11 Å². The fourth-order valence-corrected chi connectivity index (χ4v) is 0.747. The Bertz CT molecular complexity index is 325. The van der Waals surface area contributed by atoms with Crippen LogP contribution in [0.3, 0.4) is 0 Å². The van der Waals surface area contributed by atoms with E-state index in [1.54, 1.807) is 20.8 Å². The number of hydrogen-bond acceptors (Lipinski definition) is 4. The van der Waals surface area contributed by atoms with E-state index in [0.29, 0.717) is 0 Å². The third-order valence-electron chi connectivity index (χ3n) is 1.20. The van der Waals surface area contributed by atoms with E-state index in [4.69, 9.17) is 4.74 Å². The molecule has 0 aromatic carbocycles. The van der Waals surface area contributed by atoms with Gasteiger partial charge in [0.1, 0.15) is 11.3 Å². The molecule has 0 aromatic rings. The van der Waals surface area contributed by atoms with Crippen LogP contribution in [0.4, 0.5) is 4.79 Å². The monoisotopic (exact) mass is 197 g/mol. The van der Waals surface area contributed by atoms with Crippen molar-refractivity contribution in [3.8, 4) is 0 Å². The van der Waals surface area contributed by atoms with Gasteiger partial charge >= 0.3 is 12.0 Å². The first-order valence-electron chi connectivity index (χ1n) is 4.04. The summed E-state index contributed by atoms with van der Waals surface area (Å²) in [4.78, 5) is 22.0. The van der Waals surface area contributed by atoms with Crippen molar-refractivity contribution in [3.05, 3.63) is 11.9 Å². The molecule has 0 bridgehead atoms. The van der Waals surface area contributed by atoms with Crippen LogP contribution in [-0.4, -0.2) is 17.6 Å². The third kappa shape index (κ3) is 2.96. The first kappa shape index (κ1) is 10.4. The van der Waals surface area contributed by atoms with E-state index in [0.717, 1.165) is 0 Å². The van der Waals surface area contributed by atoms with Crippen molar-refractivity contribution in [1.82, 2.24) is 5.32 Å². The number of carbonyl (C=O) groups is 2. The maximum Gasteiger partial charge on any atom is 0.412 e. The normalized spacial score (nSPS) is 15.4. The maximum absolute atomic E-state index is 11.2. The maximum atomic E-state index is 11.2. The Labute approximate surface area is 81.0 Å². The highest BCUT2D eigenvalue weighted by atomic mass is 16.6. The number of azo groups is 1. The number of carbonyl (C=O) groups excluding carboxylic acids is 2. The summed E-state index contributed by atoms with van der Waals surface area (Å²) < 4.78 is 4.92. The average Bonchev–Trinajstić information content (AvgIpc) is 2.32. The second kappa shape index (κ2) is 3.57. The number of ether oxygens (including phenoxy) is 1. The summed E-state index contributed by atoms with van der Waals surface area (Å²) in [5, 5.41) is 8.78. The van der Waals surface area contributed by atoms with Gasteiger partial charge in [-0.3, -0.25) is 10.1 Å². The van der Waals surface area contributed by atoms with Gasteiger partial charge in [0.05, 0.1) is 6.20 Å². The molecule has 1 heterocycles. The van der Waals surface area contributed by atoms with Crippen molar-refractivity contribution in [1.29, 1.82) is 0 Å². The molecule has 0 spiro atoms. The quantitative estimate of drug-likeness (QED) is 0.688. The van der Waals surface area contributed by atoms with Crippen molar-refractivity contribution in [2.45, 2.75) is 26.4 Å². The molecule has 76 valence electrons. The minimum Gasteiger partial charge on any atom is -0.444 e. The van der Waals surface area contributed by atoms with Crippen molar-refractivity contribution in [3.63, 3.8) is 0 Å². The van der Waals surface area contributed by atoms with Crippen LogP contribution in [0.25, 0.3) is 0 Å². The summed E-state index contributed by atoms with van der Waals surface area (Å²) >= 11 is 0. The molecule has 0 radical (unpaired) electrons. The zero-order valence-electron chi connectivity index (χ0n) is 8.20. The van der Waals surface area contributed by atoms with E-state index >= 15 is 0 Å². The summed E-state index contributed by atoms with van der Waals surface area (Å²) in [7, 11) is 0. The minimum absolute atomic E-state index is 0.0271. The molecule has 14 heavy (non-hydrogen) atoms. The first-order valence-corrected chi connectivity index (χ1v) is 4.04. The summed E-state index contributed by atoms with van der Waals surface area (Å²) in [6.45, 7) is 5.19. The summed E-state index contributed by atoms with van der Waals surface area (Å²) in [6, 6.07) is 0. The van der Waals surface area contributed by atoms with Crippen LogP contribution in [0.15, 0.2) is 22.1 Å². The van der Waals surface area contributed by atoms with Gasteiger partial charge < -0.3 is 4.74 Å². The Balaban J connectivity index is 2.47. The Morgan fingerprint density at radius 2 is 2.14 bits per heavy atom. The zero-order valence-corrected chi connectivity index (χ0v) is 8.20. The first-order chi connectivity index (χ1) is 6.38. The van der Waals surface area contributed by atoms with Crippen LogP contribution in [0.5, 0.6) is 0 Å². The Hall–Kier alpha value is -1.72. The number of alkyl carbamates (subject to hydrolysis) is 1. The second-order valence-corrected chi connectivity index (χ2v) is 3.69. The lowest BCUT2D eigenvalue weighted by atomic mass is 10.2. The van der Waals surface area contributed by atoms with E-state index in [1.165, 1.54) is 6.20 Å². The molecule has 0 aromatic heterocycles. The van der Waals surface area contributed by atoms with Gasteiger partial charge in [-0.05, 0) is 20.8 Å². The van der Waals surface area contributed by atoms with Crippen LogP contribution in [-0.2, 0) is 9.53 Å². The summed E-state index contributed by atoms with van der Waals surface area (Å²) in [5.74, 6) is -0.573. The predicted octanol–water partition coefficient (Wildman–Crippen LogP) is 1.34. The van der Waals surface area contributed by atoms with Gasteiger partial charge in [0, 0.05) is 0 Å². The Kier molecular flexibility index (Phi) is 2.64. The molecule has 0 unspecified atom stereocenters. The fourth-order valence-electron chi connectivity index (χ4n) is 0.747. The van der Waals surface area contributed by atoms with Crippen LogP contribution in [0.2, 0.25) is 0 Å². The molecule has 1 aliphatic heterocycles. The Morgan fingerprint density at radius 3 is 2.57 bits per heavy atom. The van der Waals surface area contributed by atoms with Gasteiger partial charge in [0.25, 0.3) is 0 Å². The van der Waals surface area contributed by atoms with Crippen molar-refractivity contribution >= 4 is 12.0 Å². The lowest BCUT2D eigenvalue weighted by molar-refractivity contribution is -0.114. The fraction of sp³-hybridized carbons (Fsp3) is 0.500. The van der Waals surface area contributed by atoms with Crippen molar-refractivity contribution < 1.29 is 14.3 Å². The molecule has 0 saturated carbocycles. The topological polar surface area (TPSA) is 80.1 Å². The lowest BCUT2D eigenvalue weighted by Gasteiger charge is -2.19. The van der Waals surface area contributed by atoms with E-state index in [-0.39, 0.29) is 5.70 Å². The third-order valence-corrected chi connectivity index (χ3v) is 1.20. The Morgan fingerprint density at radius 1 is 1.50 bits per heavy atom. The summed E-state index contributed by atoms with van der Waals surface area (Å²) in [5.41, 5.74) is -0.570. The number of nitrogens with one attached hydrogen (secondary N) is 1. The van der Waals surface area contributed by atoms with Crippen LogP contribution < -0.4 is 5.32 Å². The van der Waals surface area contributed by atoms with Gasteiger partial charge in [-0.2, -0.15) is 5.11 Å². The van der Waals surface area contributed by atoms with Crippen LogP contribution in [0, 0.1) is 0 Å². The van der Waals surface area contributed by atoms with E-state index in [1.807, 2.05) is 0 Å². The number of amides is 2. The molecular formula is C8H11N3O3. The predicted molar refractivity (Wildman–Crippen MR) is 47.3 cm³/mol. The van der Waals surface area contributed by atoms with Crippen molar-refractivity contribution in [2.75, 3.05) is 0 Å². The second-order valence-electron chi connectivity index (χ2n) is 3.69. The average molecular weight is 197 g/mol. The van der Waals surface area contributed by atoms with Crippen LogP contribution >= 0.6 is 0 Å². The van der Waals surface area contributed by atoms with Crippen LogP contribution in [0.1, 0.15) is 20.8 Å². The van der Waals surface area contributed by atoms with Gasteiger partial charge in [0.15, 0.2) is 0 Å².